The molecule has 2 aromatic carbocycles. The number of nitrogens with zero attached hydrogens (tertiary/aromatic N) is 1. The van der Waals surface area contributed by atoms with Gasteiger partial charge in [0, 0.05) is 29.6 Å². The Hall–Kier alpha value is -3.28. The summed E-state index contributed by atoms with van der Waals surface area (Å²) < 4.78 is 25.2. The van der Waals surface area contributed by atoms with Crippen molar-refractivity contribution in [3.63, 3.8) is 0 Å². The van der Waals surface area contributed by atoms with Crippen LogP contribution in [0.2, 0.25) is 0 Å². The topological polar surface area (TPSA) is 54.0 Å². The molecule has 0 fully saturated rings. The van der Waals surface area contributed by atoms with Crippen LogP contribution in [0.4, 0.5) is 14.5 Å². The van der Waals surface area contributed by atoms with Crippen LogP contribution >= 0.6 is 0 Å². The molecule has 3 aromatic rings. The van der Waals surface area contributed by atoms with Gasteiger partial charge in [-0.05, 0) is 35.9 Å². The van der Waals surface area contributed by atoms with Gasteiger partial charge in [0.1, 0.15) is 0 Å². The number of alkyl halides is 2. The molecule has 138 valence electrons. The average Bonchev–Trinajstić information content (AvgIpc) is 2.71. The quantitative estimate of drug-likeness (QED) is 0.644. The summed E-state index contributed by atoms with van der Waals surface area (Å²) in [6.07, 6.45) is -0.784. The molecule has 0 bridgehead atoms. The second-order valence-electron chi connectivity index (χ2n) is 5.98. The Morgan fingerprint density at radius 2 is 1.78 bits per heavy atom. The number of amides is 1. The highest BCUT2D eigenvalue weighted by molar-refractivity contribution is 5.95. The van der Waals surface area contributed by atoms with Crippen LogP contribution in [0.25, 0.3) is 0 Å². The number of rotatable bonds is 7. The fourth-order valence-corrected chi connectivity index (χ4v) is 2.53. The van der Waals surface area contributed by atoms with E-state index < -0.39 is 6.43 Å². The highest BCUT2D eigenvalue weighted by Crippen LogP contribution is 2.19. The molecule has 1 aromatic heterocycles. The van der Waals surface area contributed by atoms with Crippen LogP contribution in [0.3, 0.4) is 0 Å². The lowest BCUT2D eigenvalue weighted by molar-refractivity contribution is 0.0950. The molecule has 3 rings (SSSR count). The molecular formula is C21H19F2N3O. The van der Waals surface area contributed by atoms with E-state index in [4.69, 9.17) is 0 Å². The second-order valence-corrected chi connectivity index (χ2v) is 5.98. The maximum Gasteiger partial charge on any atom is 0.263 e. The molecule has 0 spiro atoms. The van der Waals surface area contributed by atoms with Crippen molar-refractivity contribution in [3.05, 3.63) is 95.3 Å². The molecule has 2 N–H and O–H groups in total. The summed E-state index contributed by atoms with van der Waals surface area (Å²) in [4.78, 5) is 16.5. The highest BCUT2D eigenvalue weighted by Gasteiger charge is 2.08. The van der Waals surface area contributed by atoms with E-state index in [0.717, 1.165) is 16.9 Å². The molecule has 0 aliphatic carbocycles. The van der Waals surface area contributed by atoms with E-state index in [0.29, 0.717) is 18.7 Å². The number of nitrogens with one attached hydrogen (secondary N) is 2. The Labute approximate surface area is 156 Å². The number of carbonyl (C=O) groups excluding carboxylic acids is 1. The Morgan fingerprint density at radius 1 is 0.963 bits per heavy atom. The summed E-state index contributed by atoms with van der Waals surface area (Å²) in [7, 11) is 0. The van der Waals surface area contributed by atoms with E-state index in [1.54, 1.807) is 36.5 Å². The van der Waals surface area contributed by atoms with E-state index in [-0.39, 0.29) is 11.5 Å². The number of hydrogen-bond acceptors (Lipinski definition) is 3. The minimum atomic E-state index is -2.46. The van der Waals surface area contributed by atoms with Crippen LogP contribution in [0, 0.1) is 0 Å². The van der Waals surface area contributed by atoms with E-state index in [9.17, 15) is 13.6 Å². The highest BCUT2D eigenvalue weighted by atomic mass is 19.3. The summed E-state index contributed by atoms with van der Waals surface area (Å²) in [5, 5.41) is 6.03. The first-order valence-corrected chi connectivity index (χ1v) is 8.51. The maximum absolute atomic E-state index is 12.6. The lowest BCUT2D eigenvalue weighted by Crippen LogP contribution is -2.23. The van der Waals surface area contributed by atoms with Crippen molar-refractivity contribution in [2.75, 3.05) is 5.32 Å². The van der Waals surface area contributed by atoms with Gasteiger partial charge in [0.05, 0.1) is 12.2 Å². The SMILES string of the molecule is O=C(NCc1ccccn1)c1cccc(NCc2ccc(C(F)F)cc2)c1. The number of aromatic nitrogens is 1. The van der Waals surface area contributed by atoms with Crippen LogP contribution in [-0.2, 0) is 13.1 Å². The fraction of sp³-hybridized carbons (Fsp3) is 0.143. The predicted molar refractivity (Wildman–Crippen MR) is 101 cm³/mol. The molecule has 1 heterocycles. The number of pyridine rings is 1. The number of hydrogen-bond donors (Lipinski definition) is 2. The lowest BCUT2D eigenvalue weighted by atomic mass is 10.1. The van der Waals surface area contributed by atoms with E-state index in [1.165, 1.54) is 12.1 Å². The number of carbonyl (C=O) groups is 1. The third kappa shape index (κ3) is 5.34. The van der Waals surface area contributed by atoms with Gasteiger partial charge in [-0.2, -0.15) is 0 Å². The van der Waals surface area contributed by atoms with Gasteiger partial charge in [-0.1, -0.05) is 36.4 Å². The number of benzene rings is 2. The third-order valence-electron chi connectivity index (χ3n) is 4.01. The Bertz CT molecular complexity index is 883. The van der Waals surface area contributed by atoms with E-state index >= 15 is 0 Å². The fourth-order valence-electron chi connectivity index (χ4n) is 2.53. The summed E-state index contributed by atoms with van der Waals surface area (Å²) in [6, 6.07) is 18.8. The van der Waals surface area contributed by atoms with Crippen LogP contribution in [0.5, 0.6) is 0 Å². The van der Waals surface area contributed by atoms with Crippen molar-refractivity contribution in [1.29, 1.82) is 0 Å². The van der Waals surface area contributed by atoms with Crippen molar-refractivity contribution in [2.24, 2.45) is 0 Å². The third-order valence-corrected chi connectivity index (χ3v) is 4.01. The van der Waals surface area contributed by atoms with Crippen molar-refractivity contribution < 1.29 is 13.6 Å². The first-order chi connectivity index (χ1) is 13.1. The van der Waals surface area contributed by atoms with E-state index in [2.05, 4.69) is 15.6 Å². The van der Waals surface area contributed by atoms with Gasteiger partial charge < -0.3 is 10.6 Å². The van der Waals surface area contributed by atoms with Gasteiger partial charge in [0.15, 0.2) is 0 Å². The van der Waals surface area contributed by atoms with Crippen LogP contribution in [-0.4, -0.2) is 10.9 Å². The van der Waals surface area contributed by atoms with Crippen LogP contribution in [0.1, 0.15) is 33.6 Å². The number of halogens is 2. The number of anilines is 1. The molecule has 4 nitrogen and oxygen atoms in total. The molecule has 0 radical (unpaired) electrons. The molecule has 0 aliphatic rings. The second kappa shape index (κ2) is 8.89. The molecule has 6 heteroatoms. The minimum absolute atomic E-state index is 0.00493. The molecule has 0 aliphatic heterocycles. The molecule has 0 atom stereocenters. The largest absolute Gasteiger partial charge is 0.381 e. The van der Waals surface area contributed by atoms with Crippen molar-refractivity contribution in [3.8, 4) is 0 Å². The Kier molecular flexibility index (Phi) is 6.10. The van der Waals surface area contributed by atoms with Gasteiger partial charge >= 0.3 is 0 Å². The first kappa shape index (κ1) is 18.5. The van der Waals surface area contributed by atoms with Crippen LogP contribution < -0.4 is 10.6 Å². The van der Waals surface area contributed by atoms with Gasteiger partial charge in [-0.15, -0.1) is 0 Å². The zero-order valence-electron chi connectivity index (χ0n) is 14.5. The van der Waals surface area contributed by atoms with Gasteiger partial charge in [-0.25, -0.2) is 8.78 Å². The zero-order valence-corrected chi connectivity index (χ0v) is 14.5. The monoisotopic (exact) mass is 367 g/mol. The lowest BCUT2D eigenvalue weighted by Gasteiger charge is -2.10. The van der Waals surface area contributed by atoms with Gasteiger partial charge in [-0.3, -0.25) is 9.78 Å². The smallest absolute Gasteiger partial charge is 0.263 e. The Morgan fingerprint density at radius 3 is 2.48 bits per heavy atom. The van der Waals surface area contributed by atoms with Crippen molar-refractivity contribution in [2.45, 2.75) is 19.5 Å². The summed E-state index contributed by atoms with van der Waals surface area (Å²) >= 11 is 0. The Balaban J connectivity index is 1.57. The molecule has 0 saturated carbocycles. The van der Waals surface area contributed by atoms with Gasteiger partial charge in [0.2, 0.25) is 0 Å². The molecular weight excluding hydrogens is 348 g/mol. The summed E-state index contributed by atoms with van der Waals surface area (Å²) in [5.41, 5.74) is 2.98. The average molecular weight is 367 g/mol. The summed E-state index contributed by atoms with van der Waals surface area (Å²) in [6.45, 7) is 0.830. The molecule has 1 amide bonds. The zero-order chi connectivity index (χ0) is 19.1. The van der Waals surface area contributed by atoms with Crippen molar-refractivity contribution >= 4 is 11.6 Å². The molecule has 0 unspecified atom stereocenters. The van der Waals surface area contributed by atoms with Crippen LogP contribution in [0.15, 0.2) is 72.9 Å². The maximum atomic E-state index is 12.6. The normalized spacial score (nSPS) is 10.6. The van der Waals surface area contributed by atoms with Crippen molar-refractivity contribution in [1.82, 2.24) is 10.3 Å². The van der Waals surface area contributed by atoms with E-state index in [1.807, 2.05) is 24.3 Å². The first-order valence-electron chi connectivity index (χ1n) is 8.51. The standard InChI is InChI=1S/C21H19F2N3O/c22-20(23)16-9-7-15(8-10-16)13-25-18-6-3-4-17(12-18)21(27)26-14-19-5-1-2-11-24-19/h1-12,20,25H,13-14H2,(H,26,27). The predicted octanol–water partition coefficient (Wildman–Crippen LogP) is 4.56. The molecule has 27 heavy (non-hydrogen) atoms. The minimum Gasteiger partial charge on any atom is -0.381 e. The summed E-state index contributed by atoms with van der Waals surface area (Å²) in [5.74, 6) is -0.189. The van der Waals surface area contributed by atoms with Gasteiger partial charge in [0.25, 0.3) is 12.3 Å². The molecule has 0 saturated heterocycles.